The van der Waals surface area contributed by atoms with Gasteiger partial charge in [0.2, 0.25) is 5.91 Å². The first kappa shape index (κ1) is 22.5. The lowest BCUT2D eigenvalue weighted by atomic mass is 10.1. The Bertz CT molecular complexity index is 1180. The third-order valence-corrected chi connectivity index (χ3v) is 5.92. The number of rotatable bonds is 7. The fraction of sp³-hybridized carbons (Fsp3) is 0.333. The molecule has 3 aromatic rings. The van der Waals surface area contributed by atoms with E-state index in [1.54, 1.807) is 13.1 Å². The van der Waals surface area contributed by atoms with Crippen molar-refractivity contribution in [2.45, 2.75) is 32.6 Å². The van der Waals surface area contributed by atoms with Crippen LogP contribution in [0.5, 0.6) is 0 Å². The minimum absolute atomic E-state index is 0.315. The van der Waals surface area contributed by atoms with Crippen molar-refractivity contribution in [3.8, 4) is 11.4 Å². The molecular weight excluding hydrogens is 418 g/mol. The number of nitrogens with one attached hydrogen (secondary N) is 2. The summed E-state index contributed by atoms with van der Waals surface area (Å²) in [6, 6.07) is 11.0. The molecule has 0 aliphatic carbocycles. The minimum atomic E-state index is -0.825. The molecular formula is C24H29N7O2. The molecule has 0 spiro atoms. The topological polar surface area (TPSA) is 97.1 Å². The second-order valence-electron chi connectivity index (χ2n) is 8.27. The van der Waals surface area contributed by atoms with Gasteiger partial charge in [0.1, 0.15) is 11.9 Å². The standard InChI is InChI=1S/C24H29N7O2/c1-16(2)20(23(32)25-3)28-24(33)21-19-15-30(14-18-10-11-26-29(18)4)12-13-31(19)22(27-21)17-8-6-5-7-9-17/h5-11,20H,1,12-15H2,2-4H3,(H,25,32)(H,28,33)/t20-/m0/s1. The lowest BCUT2D eigenvalue weighted by Gasteiger charge is -2.29. The molecule has 2 aromatic heterocycles. The molecule has 3 heterocycles. The summed E-state index contributed by atoms with van der Waals surface area (Å²) in [6.07, 6.45) is 1.78. The lowest BCUT2D eigenvalue weighted by molar-refractivity contribution is -0.121. The van der Waals surface area contributed by atoms with Gasteiger partial charge >= 0.3 is 0 Å². The van der Waals surface area contributed by atoms with Crippen LogP contribution in [0.25, 0.3) is 11.4 Å². The number of fused-ring (bicyclic) bond motifs is 1. The van der Waals surface area contributed by atoms with E-state index in [4.69, 9.17) is 4.98 Å². The van der Waals surface area contributed by atoms with Gasteiger partial charge in [-0.25, -0.2) is 4.98 Å². The zero-order chi connectivity index (χ0) is 23.5. The van der Waals surface area contributed by atoms with E-state index in [0.717, 1.165) is 35.9 Å². The Morgan fingerprint density at radius 1 is 1.18 bits per heavy atom. The van der Waals surface area contributed by atoms with E-state index < -0.39 is 6.04 Å². The molecule has 0 saturated heterocycles. The van der Waals surface area contributed by atoms with Gasteiger partial charge in [0.05, 0.1) is 11.4 Å². The van der Waals surface area contributed by atoms with Crippen molar-refractivity contribution in [1.82, 2.24) is 34.9 Å². The van der Waals surface area contributed by atoms with Crippen molar-refractivity contribution in [3.05, 3.63) is 71.8 Å². The first-order valence-corrected chi connectivity index (χ1v) is 10.9. The Morgan fingerprint density at radius 2 is 1.94 bits per heavy atom. The summed E-state index contributed by atoms with van der Waals surface area (Å²) >= 11 is 0. The van der Waals surface area contributed by atoms with Gasteiger partial charge in [0.15, 0.2) is 5.69 Å². The molecule has 0 unspecified atom stereocenters. The fourth-order valence-electron chi connectivity index (χ4n) is 4.09. The summed E-state index contributed by atoms with van der Waals surface area (Å²) in [5.74, 6) is 0.0488. The maximum absolute atomic E-state index is 13.3. The summed E-state index contributed by atoms with van der Waals surface area (Å²) in [5, 5.41) is 9.64. The van der Waals surface area contributed by atoms with E-state index in [9.17, 15) is 9.59 Å². The molecule has 0 saturated carbocycles. The Kier molecular flexibility index (Phi) is 6.41. The Morgan fingerprint density at radius 3 is 2.58 bits per heavy atom. The number of imidazole rings is 1. The van der Waals surface area contributed by atoms with Gasteiger partial charge in [0, 0.05) is 52.0 Å². The highest BCUT2D eigenvalue weighted by molar-refractivity contribution is 5.98. The van der Waals surface area contributed by atoms with Crippen LogP contribution in [0.4, 0.5) is 0 Å². The van der Waals surface area contributed by atoms with Gasteiger partial charge in [0.25, 0.3) is 5.91 Å². The highest BCUT2D eigenvalue weighted by Gasteiger charge is 2.30. The average molecular weight is 448 g/mol. The number of likely N-dealkylation sites (N-methyl/N-ethyl adjacent to an activating group) is 1. The first-order chi connectivity index (χ1) is 15.9. The van der Waals surface area contributed by atoms with Crippen molar-refractivity contribution in [3.63, 3.8) is 0 Å². The second kappa shape index (κ2) is 9.41. The fourth-order valence-corrected chi connectivity index (χ4v) is 4.09. The molecule has 172 valence electrons. The summed E-state index contributed by atoms with van der Waals surface area (Å²) in [6.45, 7) is 8.38. The summed E-state index contributed by atoms with van der Waals surface area (Å²) < 4.78 is 3.97. The molecule has 9 heteroatoms. The largest absolute Gasteiger partial charge is 0.357 e. The van der Waals surface area contributed by atoms with Gasteiger partial charge in [-0.3, -0.25) is 19.2 Å². The quantitative estimate of drug-likeness (QED) is 0.538. The maximum Gasteiger partial charge on any atom is 0.272 e. The number of benzene rings is 1. The lowest BCUT2D eigenvalue weighted by Crippen LogP contribution is -2.46. The molecule has 2 amide bonds. The van der Waals surface area contributed by atoms with Crippen molar-refractivity contribution in [2.24, 2.45) is 7.05 Å². The first-order valence-electron chi connectivity index (χ1n) is 10.9. The van der Waals surface area contributed by atoms with Crippen molar-refractivity contribution >= 4 is 11.8 Å². The molecule has 1 aromatic carbocycles. The molecule has 33 heavy (non-hydrogen) atoms. The van der Waals surface area contributed by atoms with E-state index in [2.05, 4.69) is 31.8 Å². The van der Waals surface area contributed by atoms with Crippen molar-refractivity contribution in [1.29, 1.82) is 0 Å². The summed E-state index contributed by atoms with van der Waals surface area (Å²) in [5.41, 5.74) is 3.76. The number of hydrogen-bond acceptors (Lipinski definition) is 5. The number of amides is 2. The normalized spacial score (nSPS) is 14.4. The smallest absolute Gasteiger partial charge is 0.272 e. The average Bonchev–Trinajstić information content (AvgIpc) is 3.40. The van der Waals surface area contributed by atoms with Crippen molar-refractivity contribution < 1.29 is 9.59 Å². The molecule has 2 N–H and O–H groups in total. The van der Waals surface area contributed by atoms with E-state index in [1.807, 2.05) is 48.1 Å². The second-order valence-corrected chi connectivity index (χ2v) is 8.27. The van der Waals surface area contributed by atoms with Crippen LogP contribution in [-0.4, -0.2) is 55.7 Å². The molecule has 1 aliphatic rings. The van der Waals surface area contributed by atoms with Gasteiger partial charge in [-0.2, -0.15) is 5.10 Å². The number of aryl methyl sites for hydroxylation is 1. The van der Waals surface area contributed by atoms with Crippen LogP contribution in [-0.2, 0) is 31.5 Å². The number of carbonyl (C=O) groups is 2. The molecule has 1 atom stereocenters. The van der Waals surface area contributed by atoms with E-state index >= 15 is 0 Å². The zero-order valence-electron chi connectivity index (χ0n) is 19.2. The number of aromatic nitrogens is 4. The SMILES string of the molecule is C=C(C)[C@H](NC(=O)c1nc(-c2ccccc2)n2c1CN(Cc1ccnn1C)CC2)C(=O)NC. The molecule has 0 radical (unpaired) electrons. The number of nitrogens with zero attached hydrogens (tertiary/aromatic N) is 5. The summed E-state index contributed by atoms with van der Waals surface area (Å²) in [4.78, 5) is 32.6. The zero-order valence-corrected chi connectivity index (χ0v) is 19.2. The molecule has 4 rings (SSSR count). The van der Waals surface area contributed by atoms with Crippen LogP contribution < -0.4 is 10.6 Å². The summed E-state index contributed by atoms with van der Waals surface area (Å²) in [7, 11) is 3.46. The Hall–Kier alpha value is -3.72. The van der Waals surface area contributed by atoms with Crippen LogP contribution >= 0.6 is 0 Å². The highest BCUT2D eigenvalue weighted by Crippen LogP contribution is 2.27. The Labute approximate surface area is 193 Å². The van der Waals surface area contributed by atoms with E-state index in [1.165, 1.54) is 7.05 Å². The molecule has 1 aliphatic heterocycles. The van der Waals surface area contributed by atoms with E-state index in [0.29, 0.717) is 24.4 Å². The van der Waals surface area contributed by atoms with E-state index in [-0.39, 0.29) is 11.8 Å². The van der Waals surface area contributed by atoms with Crippen LogP contribution in [0, 0.1) is 0 Å². The molecule has 9 nitrogen and oxygen atoms in total. The third kappa shape index (κ3) is 4.58. The maximum atomic E-state index is 13.3. The predicted octanol–water partition coefficient (Wildman–Crippen LogP) is 1.72. The number of carbonyl (C=O) groups excluding carboxylic acids is 2. The molecule has 0 fully saturated rings. The van der Waals surface area contributed by atoms with Gasteiger partial charge in [-0.05, 0) is 18.6 Å². The predicted molar refractivity (Wildman–Crippen MR) is 125 cm³/mol. The van der Waals surface area contributed by atoms with Crippen LogP contribution in [0.1, 0.15) is 28.8 Å². The number of hydrogen-bond donors (Lipinski definition) is 2. The van der Waals surface area contributed by atoms with Crippen LogP contribution in [0.2, 0.25) is 0 Å². The third-order valence-electron chi connectivity index (χ3n) is 5.92. The van der Waals surface area contributed by atoms with Crippen molar-refractivity contribution in [2.75, 3.05) is 13.6 Å². The van der Waals surface area contributed by atoms with Gasteiger partial charge in [-0.15, -0.1) is 0 Å². The minimum Gasteiger partial charge on any atom is -0.357 e. The molecule has 0 bridgehead atoms. The van der Waals surface area contributed by atoms with Crippen LogP contribution in [0.3, 0.4) is 0 Å². The van der Waals surface area contributed by atoms with Gasteiger partial charge < -0.3 is 15.2 Å². The highest BCUT2D eigenvalue weighted by atomic mass is 16.2. The van der Waals surface area contributed by atoms with Crippen LogP contribution in [0.15, 0.2) is 54.7 Å². The monoisotopic (exact) mass is 447 g/mol. The Balaban J connectivity index is 1.68. The van der Waals surface area contributed by atoms with Gasteiger partial charge in [-0.1, -0.05) is 36.9 Å².